The highest BCUT2D eigenvalue weighted by atomic mass is 35.5. The molecule has 0 saturated carbocycles. The molecule has 0 aromatic heterocycles. The molecule has 4 heteroatoms. The monoisotopic (exact) mass is 312 g/mol. The number of hydrogen-bond acceptors (Lipinski definition) is 3. The molecule has 0 atom stereocenters. The second-order valence-electron chi connectivity index (χ2n) is 6.73. The molecule has 1 aromatic carbocycles. The molecule has 1 N–H and O–H groups in total. The Balaban J connectivity index is 2.60. The van der Waals surface area contributed by atoms with Gasteiger partial charge in [0.05, 0.1) is 23.4 Å². The minimum absolute atomic E-state index is 0.107. The number of ether oxygens (including phenoxy) is 1. The minimum atomic E-state index is 0.107. The molecule has 1 rings (SSSR count). The summed E-state index contributed by atoms with van der Waals surface area (Å²) < 4.78 is 5.58. The van der Waals surface area contributed by atoms with Crippen LogP contribution in [0.3, 0.4) is 0 Å². The largest absolute Gasteiger partial charge is 0.377 e. The highest BCUT2D eigenvalue weighted by Crippen LogP contribution is 2.26. The molecular weight excluding hydrogens is 284 g/mol. The molecule has 120 valence electrons. The topological polar surface area (TPSA) is 24.5 Å². The molecule has 0 amide bonds. The van der Waals surface area contributed by atoms with Crippen LogP contribution >= 0.6 is 11.6 Å². The zero-order chi connectivity index (χ0) is 16.0. The van der Waals surface area contributed by atoms with Crippen molar-refractivity contribution in [1.82, 2.24) is 5.32 Å². The highest BCUT2D eigenvalue weighted by molar-refractivity contribution is 6.33. The molecule has 0 unspecified atom stereocenters. The van der Waals surface area contributed by atoms with E-state index in [-0.39, 0.29) is 11.6 Å². The summed E-state index contributed by atoms with van der Waals surface area (Å²) in [5, 5.41) is 4.26. The summed E-state index contributed by atoms with van der Waals surface area (Å²) in [6.45, 7) is 12.9. The van der Waals surface area contributed by atoms with E-state index in [1.165, 1.54) is 5.56 Å². The van der Waals surface area contributed by atoms with Gasteiger partial charge in [-0.1, -0.05) is 17.7 Å². The van der Waals surface area contributed by atoms with Crippen LogP contribution in [0.4, 0.5) is 5.69 Å². The van der Waals surface area contributed by atoms with Crippen molar-refractivity contribution in [3.05, 3.63) is 28.8 Å². The van der Waals surface area contributed by atoms with Gasteiger partial charge in [0, 0.05) is 25.7 Å². The van der Waals surface area contributed by atoms with Gasteiger partial charge in [-0.3, -0.25) is 0 Å². The Morgan fingerprint density at radius 3 is 2.48 bits per heavy atom. The zero-order valence-corrected chi connectivity index (χ0v) is 14.9. The molecule has 0 aliphatic carbocycles. The Bertz CT molecular complexity index is 441. The lowest BCUT2D eigenvalue weighted by molar-refractivity contribution is 0.0846. The number of hydrogen-bond donors (Lipinski definition) is 1. The van der Waals surface area contributed by atoms with E-state index < -0.39 is 0 Å². The van der Waals surface area contributed by atoms with E-state index in [1.807, 2.05) is 27.0 Å². The van der Waals surface area contributed by atoms with Crippen molar-refractivity contribution in [2.75, 3.05) is 25.1 Å². The number of rotatable bonds is 7. The molecule has 0 aliphatic rings. The van der Waals surface area contributed by atoms with Gasteiger partial charge in [-0.15, -0.1) is 0 Å². The predicted octanol–water partition coefficient (Wildman–Crippen LogP) is 4.09. The van der Waals surface area contributed by atoms with E-state index in [9.17, 15) is 0 Å². The first kappa shape index (κ1) is 18.3. The SMILES string of the molecule is CC(C)OCCN(C)c1ccc(CNC(C)(C)C)cc1Cl. The van der Waals surface area contributed by atoms with E-state index >= 15 is 0 Å². The average Bonchev–Trinajstić information content (AvgIpc) is 2.35. The number of benzene rings is 1. The van der Waals surface area contributed by atoms with E-state index in [1.54, 1.807) is 0 Å². The number of anilines is 1. The van der Waals surface area contributed by atoms with Gasteiger partial charge >= 0.3 is 0 Å². The Morgan fingerprint density at radius 2 is 1.95 bits per heavy atom. The molecule has 0 saturated heterocycles. The van der Waals surface area contributed by atoms with E-state index in [0.717, 1.165) is 23.8 Å². The van der Waals surface area contributed by atoms with Crippen LogP contribution in [-0.4, -0.2) is 31.8 Å². The molecule has 21 heavy (non-hydrogen) atoms. The van der Waals surface area contributed by atoms with Crippen molar-refractivity contribution in [3.8, 4) is 0 Å². The van der Waals surface area contributed by atoms with Gasteiger partial charge in [0.15, 0.2) is 0 Å². The third-order valence-electron chi connectivity index (χ3n) is 3.12. The fraction of sp³-hybridized carbons (Fsp3) is 0.647. The fourth-order valence-electron chi connectivity index (χ4n) is 1.88. The van der Waals surface area contributed by atoms with Crippen LogP contribution in [0.1, 0.15) is 40.2 Å². The molecule has 0 fully saturated rings. The molecule has 3 nitrogen and oxygen atoms in total. The van der Waals surface area contributed by atoms with E-state index in [2.05, 4.69) is 43.1 Å². The van der Waals surface area contributed by atoms with E-state index in [4.69, 9.17) is 16.3 Å². The Morgan fingerprint density at radius 1 is 1.29 bits per heavy atom. The summed E-state index contributed by atoms with van der Waals surface area (Å²) in [7, 11) is 2.04. The second-order valence-corrected chi connectivity index (χ2v) is 7.14. The Hall–Kier alpha value is -0.770. The number of nitrogens with zero attached hydrogens (tertiary/aromatic N) is 1. The standard InChI is InChI=1S/C17H29ClN2O/c1-13(2)21-10-9-20(6)16-8-7-14(11-15(16)18)12-19-17(3,4)5/h7-8,11,13,19H,9-10,12H2,1-6H3. The molecule has 0 aliphatic heterocycles. The summed E-state index contributed by atoms with van der Waals surface area (Å²) in [6.07, 6.45) is 0.264. The van der Waals surface area contributed by atoms with Crippen LogP contribution in [-0.2, 0) is 11.3 Å². The van der Waals surface area contributed by atoms with Gasteiger partial charge in [0.25, 0.3) is 0 Å². The van der Waals surface area contributed by atoms with Gasteiger partial charge in [-0.25, -0.2) is 0 Å². The Labute approximate surface area is 134 Å². The van der Waals surface area contributed by atoms with Crippen molar-refractivity contribution >= 4 is 17.3 Å². The first-order chi connectivity index (χ1) is 9.69. The van der Waals surface area contributed by atoms with Crippen molar-refractivity contribution in [1.29, 1.82) is 0 Å². The number of nitrogens with one attached hydrogen (secondary N) is 1. The molecule has 0 bridgehead atoms. The molecular formula is C17H29ClN2O. The quantitative estimate of drug-likeness (QED) is 0.820. The van der Waals surface area contributed by atoms with Gasteiger partial charge < -0.3 is 15.0 Å². The average molecular weight is 313 g/mol. The van der Waals surface area contributed by atoms with Crippen LogP contribution in [0.15, 0.2) is 18.2 Å². The van der Waals surface area contributed by atoms with Crippen LogP contribution < -0.4 is 10.2 Å². The maximum atomic E-state index is 6.41. The normalized spacial score (nSPS) is 12.0. The number of likely N-dealkylation sites (N-methyl/N-ethyl adjacent to an activating group) is 1. The van der Waals surface area contributed by atoms with Crippen molar-refractivity contribution < 1.29 is 4.74 Å². The predicted molar refractivity (Wildman–Crippen MR) is 92.4 cm³/mol. The van der Waals surface area contributed by atoms with Crippen molar-refractivity contribution in [2.24, 2.45) is 0 Å². The van der Waals surface area contributed by atoms with Gasteiger partial charge in [0.2, 0.25) is 0 Å². The van der Waals surface area contributed by atoms with Gasteiger partial charge in [-0.05, 0) is 52.3 Å². The smallest absolute Gasteiger partial charge is 0.0644 e. The van der Waals surface area contributed by atoms with Crippen LogP contribution in [0, 0.1) is 0 Å². The minimum Gasteiger partial charge on any atom is -0.377 e. The maximum Gasteiger partial charge on any atom is 0.0644 e. The van der Waals surface area contributed by atoms with Crippen molar-refractivity contribution in [3.63, 3.8) is 0 Å². The van der Waals surface area contributed by atoms with Crippen LogP contribution in [0.5, 0.6) is 0 Å². The first-order valence-corrected chi connectivity index (χ1v) is 7.93. The summed E-state index contributed by atoms with van der Waals surface area (Å²) in [5.74, 6) is 0. The molecule has 0 heterocycles. The summed E-state index contributed by atoms with van der Waals surface area (Å²) in [4.78, 5) is 2.13. The lowest BCUT2D eigenvalue weighted by Crippen LogP contribution is -2.35. The molecule has 0 spiro atoms. The fourth-order valence-corrected chi connectivity index (χ4v) is 2.23. The third-order valence-corrected chi connectivity index (χ3v) is 3.43. The molecule has 1 aromatic rings. The summed E-state index contributed by atoms with van der Waals surface area (Å²) in [6, 6.07) is 6.24. The maximum absolute atomic E-state index is 6.41. The lowest BCUT2D eigenvalue weighted by atomic mass is 10.1. The molecule has 0 radical (unpaired) electrons. The third kappa shape index (κ3) is 7.16. The van der Waals surface area contributed by atoms with Crippen LogP contribution in [0.2, 0.25) is 5.02 Å². The van der Waals surface area contributed by atoms with Gasteiger partial charge in [-0.2, -0.15) is 0 Å². The zero-order valence-electron chi connectivity index (χ0n) is 14.2. The summed E-state index contributed by atoms with van der Waals surface area (Å²) in [5.41, 5.74) is 2.35. The lowest BCUT2D eigenvalue weighted by Gasteiger charge is -2.23. The second kappa shape index (κ2) is 8.02. The highest BCUT2D eigenvalue weighted by Gasteiger charge is 2.11. The first-order valence-electron chi connectivity index (χ1n) is 7.55. The van der Waals surface area contributed by atoms with Crippen LogP contribution in [0.25, 0.3) is 0 Å². The van der Waals surface area contributed by atoms with Crippen molar-refractivity contribution in [2.45, 2.75) is 52.8 Å². The van der Waals surface area contributed by atoms with Gasteiger partial charge in [0.1, 0.15) is 0 Å². The Kier molecular flexibility index (Phi) is 6.98. The summed E-state index contributed by atoms with van der Waals surface area (Å²) >= 11 is 6.41. The number of halogens is 1. The van der Waals surface area contributed by atoms with E-state index in [0.29, 0.717) is 6.61 Å².